The van der Waals surface area contributed by atoms with Gasteiger partial charge in [0.25, 0.3) is 0 Å². The van der Waals surface area contributed by atoms with E-state index in [-0.39, 0.29) is 10.8 Å². The maximum atomic E-state index is 3.76. The first-order valence-corrected chi connectivity index (χ1v) is 11.0. The topological polar surface area (TPSA) is 0 Å². The van der Waals surface area contributed by atoms with Crippen LogP contribution in [0.25, 0.3) is 11.1 Å². The minimum absolute atomic E-state index is 0.0395. The molecule has 0 unspecified atom stereocenters. The van der Waals surface area contributed by atoms with Crippen LogP contribution in [-0.4, -0.2) is 0 Å². The van der Waals surface area contributed by atoms with Crippen molar-refractivity contribution in [2.75, 3.05) is 0 Å². The van der Waals surface area contributed by atoms with Crippen molar-refractivity contribution >= 4 is 15.9 Å². The van der Waals surface area contributed by atoms with Gasteiger partial charge in [0.15, 0.2) is 0 Å². The van der Waals surface area contributed by atoms with Gasteiger partial charge in [-0.05, 0) is 56.6 Å². The highest BCUT2D eigenvalue weighted by molar-refractivity contribution is 9.10. The molecule has 0 bridgehead atoms. The first-order valence-electron chi connectivity index (χ1n) is 10.2. The summed E-state index contributed by atoms with van der Waals surface area (Å²) in [6, 6.07) is 33.8. The summed E-state index contributed by atoms with van der Waals surface area (Å²) in [4.78, 5) is 0. The maximum absolute atomic E-state index is 3.76. The lowest BCUT2D eigenvalue weighted by atomic mass is 9.55. The van der Waals surface area contributed by atoms with Crippen molar-refractivity contribution in [2.24, 2.45) is 0 Å². The largest absolute Gasteiger partial charge is 0.0719 e. The Labute approximate surface area is 180 Å². The van der Waals surface area contributed by atoms with E-state index in [0.29, 0.717) is 0 Å². The molecule has 0 atom stereocenters. The van der Waals surface area contributed by atoms with Gasteiger partial charge in [0.05, 0.1) is 5.41 Å². The first kappa shape index (κ1) is 17.2. The molecule has 0 saturated heterocycles. The average Bonchev–Trinajstić information content (AvgIpc) is 3.03. The Kier molecular flexibility index (Phi) is 3.39. The molecular formula is C28H21Br. The number of hydrogen-bond acceptors (Lipinski definition) is 0. The van der Waals surface area contributed by atoms with E-state index < -0.39 is 0 Å². The molecule has 0 amide bonds. The van der Waals surface area contributed by atoms with Crippen molar-refractivity contribution in [3.63, 3.8) is 0 Å². The summed E-state index contributed by atoms with van der Waals surface area (Å²) in [5, 5.41) is 0. The van der Waals surface area contributed by atoms with Gasteiger partial charge >= 0.3 is 0 Å². The number of halogens is 1. The van der Waals surface area contributed by atoms with E-state index in [1.165, 1.54) is 44.5 Å². The van der Waals surface area contributed by atoms with Crippen LogP contribution in [0.4, 0.5) is 0 Å². The van der Waals surface area contributed by atoms with Crippen LogP contribution in [0.2, 0.25) is 0 Å². The molecule has 4 aromatic rings. The van der Waals surface area contributed by atoms with Crippen LogP contribution in [0.15, 0.2) is 95.5 Å². The summed E-state index contributed by atoms with van der Waals surface area (Å²) < 4.78 is 1.13. The quantitative estimate of drug-likeness (QED) is 0.236. The molecule has 140 valence electrons. The molecule has 4 aromatic carbocycles. The van der Waals surface area contributed by atoms with Gasteiger partial charge in [-0.2, -0.15) is 0 Å². The molecule has 0 fully saturated rings. The average molecular weight is 437 g/mol. The van der Waals surface area contributed by atoms with Gasteiger partial charge in [-0.15, -0.1) is 0 Å². The zero-order valence-corrected chi connectivity index (χ0v) is 18.1. The van der Waals surface area contributed by atoms with Crippen LogP contribution in [0.1, 0.15) is 47.2 Å². The molecule has 0 radical (unpaired) electrons. The van der Waals surface area contributed by atoms with E-state index in [9.17, 15) is 0 Å². The molecule has 0 heterocycles. The minimum atomic E-state index is -0.279. The van der Waals surface area contributed by atoms with Gasteiger partial charge in [0.2, 0.25) is 0 Å². The highest BCUT2D eigenvalue weighted by Crippen LogP contribution is 2.62. The predicted octanol–water partition coefficient (Wildman–Crippen LogP) is 7.45. The molecule has 29 heavy (non-hydrogen) atoms. The van der Waals surface area contributed by atoms with Gasteiger partial charge in [-0.1, -0.05) is 109 Å². The Morgan fingerprint density at radius 1 is 0.517 bits per heavy atom. The van der Waals surface area contributed by atoms with Crippen molar-refractivity contribution in [1.29, 1.82) is 0 Å². The van der Waals surface area contributed by atoms with Gasteiger partial charge in [-0.3, -0.25) is 0 Å². The number of rotatable bonds is 0. The summed E-state index contributed by atoms with van der Waals surface area (Å²) in [5.41, 5.74) is 10.8. The van der Waals surface area contributed by atoms with Crippen molar-refractivity contribution in [3.8, 4) is 11.1 Å². The Morgan fingerprint density at radius 3 is 1.62 bits per heavy atom. The van der Waals surface area contributed by atoms with Crippen molar-refractivity contribution in [3.05, 3.63) is 129 Å². The summed E-state index contributed by atoms with van der Waals surface area (Å²) >= 11 is 3.76. The first-order chi connectivity index (χ1) is 14.1. The fourth-order valence-electron chi connectivity index (χ4n) is 5.83. The van der Waals surface area contributed by atoms with Crippen LogP contribution in [-0.2, 0) is 10.8 Å². The third-order valence-corrected chi connectivity index (χ3v) is 7.51. The Morgan fingerprint density at radius 2 is 1.00 bits per heavy atom. The summed E-state index contributed by atoms with van der Waals surface area (Å²) in [5.74, 6) is 0. The second kappa shape index (κ2) is 5.70. The van der Waals surface area contributed by atoms with E-state index in [1.54, 1.807) is 0 Å². The Balaban J connectivity index is 1.89. The zero-order chi connectivity index (χ0) is 19.8. The molecule has 1 heteroatoms. The van der Waals surface area contributed by atoms with E-state index in [1.807, 2.05) is 0 Å². The van der Waals surface area contributed by atoms with Gasteiger partial charge in [-0.25, -0.2) is 0 Å². The Bertz CT molecular complexity index is 1250. The molecule has 0 aliphatic heterocycles. The monoisotopic (exact) mass is 436 g/mol. The third-order valence-electron chi connectivity index (χ3n) is 7.02. The molecule has 0 aromatic heterocycles. The molecule has 0 N–H and O–H groups in total. The SMILES string of the molecule is CC1(C)c2ccccc2C2(c3ccccc3-c3ccc(Br)cc32)c2ccccc21. The van der Waals surface area contributed by atoms with Gasteiger partial charge in [0.1, 0.15) is 0 Å². The second-order valence-corrected chi connectivity index (χ2v) is 9.62. The molecule has 0 saturated carbocycles. The molecule has 0 nitrogen and oxygen atoms in total. The Hall–Kier alpha value is -2.64. The maximum Gasteiger partial charge on any atom is 0.0719 e. The van der Waals surface area contributed by atoms with Crippen LogP contribution in [0.5, 0.6) is 0 Å². The fourth-order valence-corrected chi connectivity index (χ4v) is 6.19. The summed E-state index contributed by atoms with van der Waals surface area (Å²) in [7, 11) is 0. The summed E-state index contributed by atoms with van der Waals surface area (Å²) in [6.45, 7) is 4.72. The third kappa shape index (κ3) is 1.99. The van der Waals surface area contributed by atoms with Crippen LogP contribution in [0, 0.1) is 0 Å². The number of hydrogen-bond donors (Lipinski definition) is 0. The van der Waals surface area contributed by atoms with Crippen molar-refractivity contribution in [1.82, 2.24) is 0 Å². The predicted molar refractivity (Wildman–Crippen MR) is 124 cm³/mol. The lowest BCUT2D eigenvalue weighted by molar-refractivity contribution is 0.563. The zero-order valence-electron chi connectivity index (χ0n) is 16.5. The standard InChI is InChI=1S/C28H21Br/c1-27(2)22-11-5-7-13-24(22)28(25-14-8-6-12-23(25)27)21-10-4-3-9-19(21)20-16-15-18(29)17-26(20)28/h3-17H,1-2H3. The van der Waals surface area contributed by atoms with Crippen molar-refractivity contribution in [2.45, 2.75) is 24.7 Å². The molecule has 2 aliphatic carbocycles. The van der Waals surface area contributed by atoms with E-state index in [2.05, 4.69) is 121 Å². The van der Waals surface area contributed by atoms with E-state index in [4.69, 9.17) is 0 Å². The molecular weight excluding hydrogens is 416 g/mol. The van der Waals surface area contributed by atoms with Crippen LogP contribution >= 0.6 is 15.9 Å². The smallest absolute Gasteiger partial charge is 0.0619 e. The number of fused-ring (bicyclic) bond motifs is 9. The lowest BCUT2D eigenvalue weighted by Crippen LogP contribution is -2.40. The summed E-state index contributed by atoms with van der Waals surface area (Å²) in [6.07, 6.45) is 0. The van der Waals surface area contributed by atoms with Crippen molar-refractivity contribution < 1.29 is 0 Å². The van der Waals surface area contributed by atoms with E-state index in [0.717, 1.165) is 4.47 Å². The van der Waals surface area contributed by atoms with Gasteiger partial charge < -0.3 is 0 Å². The fraction of sp³-hybridized carbons (Fsp3) is 0.143. The molecule has 6 rings (SSSR count). The lowest BCUT2D eigenvalue weighted by Gasteiger charge is -2.46. The minimum Gasteiger partial charge on any atom is -0.0619 e. The normalized spacial score (nSPS) is 16.7. The molecule has 1 spiro atoms. The van der Waals surface area contributed by atoms with Crippen LogP contribution < -0.4 is 0 Å². The van der Waals surface area contributed by atoms with E-state index >= 15 is 0 Å². The van der Waals surface area contributed by atoms with Gasteiger partial charge in [0, 0.05) is 9.89 Å². The molecule has 2 aliphatic rings. The highest BCUT2D eigenvalue weighted by Gasteiger charge is 2.53. The highest BCUT2D eigenvalue weighted by atomic mass is 79.9. The second-order valence-electron chi connectivity index (χ2n) is 8.70. The van der Waals surface area contributed by atoms with Crippen LogP contribution in [0.3, 0.4) is 0 Å². The number of benzene rings is 4.